The van der Waals surface area contributed by atoms with Crippen molar-refractivity contribution < 1.29 is 4.42 Å². The maximum absolute atomic E-state index is 6.03. The molecule has 1 unspecified atom stereocenters. The van der Waals surface area contributed by atoms with Gasteiger partial charge in [0, 0.05) is 31.9 Å². The van der Waals surface area contributed by atoms with Crippen molar-refractivity contribution in [3.8, 4) is 45.0 Å². The van der Waals surface area contributed by atoms with Crippen LogP contribution in [0.5, 0.6) is 0 Å². The van der Waals surface area contributed by atoms with Gasteiger partial charge < -0.3 is 4.42 Å². The number of hydrogen-bond donors (Lipinski definition) is 0. The van der Waals surface area contributed by atoms with Gasteiger partial charge in [-0.3, -0.25) is 0 Å². The van der Waals surface area contributed by atoms with Crippen LogP contribution in [0.25, 0.3) is 56.0 Å². The summed E-state index contributed by atoms with van der Waals surface area (Å²) in [7, 11) is 0. The minimum atomic E-state index is -0.516. The third kappa shape index (κ3) is 3.89. The molecule has 0 N–H and O–H groups in total. The van der Waals surface area contributed by atoms with E-state index in [1.165, 1.54) is 43.2 Å². The van der Waals surface area contributed by atoms with E-state index in [0.29, 0.717) is 5.82 Å². The predicted octanol–water partition coefficient (Wildman–Crippen LogP) is 11.1. The van der Waals surface area contributed by atoms with E-state index in [2.05, 4.69) is 127 Å². The molecule has 0 radical (unpaired) electrons. The van der Waals surface area contributed by atoms with Crippen molar-refractivity contribution in [1.29, 1.82) is 0 Å². The number of rotatable bonds is 3. The molecule has 0 bridgehead atoms. The Hall–Kier alpha value is -5.71. The third-order valence-electron chi connectivity index (χ3n) is 9.64. The van der Waals surface area contributed by atoms with Crippen LogP contribution in [0.3, 0.4) is 0 Å². The second kappa shape index (κ2) is 10.1. The Labute approximate surface area is 276 Å². The Balaban J connectivity index is 1.27. The molecule has 0 fully saturated rings. The number of nitrogens with zero attached hydrogens (tertiary/aromatic N) is 2. The number of furan rings is 1. The summed E-state index contributed by atoms with van der Waals surface area (Å²) >= 11 is 1.85. The van der Waals surface area contributed by atoms with Gasteiger partial charge in [-0.05, 0) is 75.8 Å². The standard InChI is InChI=1S/C43H26N2OS/c1-3-11-27(12-4-1)37-26-38(45-42(44-37)28-13-5-2-6-14-28)29-19-20-41-36(24-29)43(34-17-9-10-18-40(34)47-41)33-16-8-7-15-31(33)32-23-30-21-22-46-39(30)25-35(32)43/h1-26H. The monoisotopic (exact) mass is 618 g/mol. The first-order valence-corrected chi connectivity index (χ1v) is 16.6. The average molecular weight is 619 g/mol. The molecule has 8 aromatic rings. The quantitative estimate of drug-likeness (QED) is 0.197. The molecular weight excluding hydrogens is 593 g/mol. The van der Waals surface area contributed by atoms with Crippen molar-refractivity contribution in [3.63, 3.8) is 0 Å². The highest BCUT2D eigenvalue weighted by atomic mass is 32.2. The van der Waals surface area contributed by atoms with E-state index in [1.807, 2.05) is 36.0 Å². The van der Waals surface area contributed by atoms with Gasteiger partial charge in [-0.25, -0.2) is 9.97 Å². The molecule has 3 nitrogen and oxygen atoms in total. The van der Waals surface area contributed by atoms with Crippen molar-refractivity contribution in [2.45, 2.75) is 15.2 Å². The predicted molar refractivity (Wildman–Crippen MR) is 190 cm³/mol. The van der Waals surface area contributed by atoms with Gasteiger partial charge >= 0.3 is 0 Å². The van der Waals surface area contributed by atoms with E-state index in [9.17, 15) is 0 Å². The number of benzene rings is 6. The summed E-state index contributed by atoms with van der Waals surface area (Å²) in [6, 6.07) is 54.1. The van der Waals surface area contributed by atoms with Gasteiger partial charge in [0.15, 0.2) is 5.82 Å². The van der Waals surface area contributed by atoms with Crippen LogP contribution < -0.4 is 0 Å². The normalized spacial score (nSPS) is 15.7. The molecule has 0 saturated heterocycles. The van der Waals surface area contributed by atoms with Crippen LogP contribution in [0.1, 0.15) is 22.3 Å². The van der Waals surface area contributed by atoms with Crippen LogP contribution in [0.4, 0.5) is 0 Å². The van der Waals surface area contributed by atoms with Gasteiger partial charge in [0.05, 0.1) is 23.1 Å². The van der Waals surface area contributed by atoms with Crippen molar-refractivity contribution in [1.82, 2.24) is 9.97 Å². The summed E-state index contributed by atoms with van der Waals surface area (Å²) < 4.78 is 6.03. The van der Waals surface area contributed by atoms with Crippen molar-refractivity contribution in [2.24, 2.45) is 0 Å². The Morgan fingerprint density at radius 1 is 0.468 bits per heavy atom. The third-order valence-corrected chi connectivity index (χ3v) is 10.8. The van der Waals surface area contributed by atoms with Crippen LogP contribution in [-0.2, 0) is 5.41 Å². The second-order valence-electron chi connectivity index (χ2n) is 12.2. The number of hydrogen-bond acceptors (Lipinski definition) is 4. The summed E-state index contributed by atoms with van der Waals surface area (Å²) in [6.07, 6.45) is 1.79. The lowest BCUT2D eigenvalue weighted by molar-refractivity contribution is 0.614. The molecule has 2 aliphatic rings. The Morgan fingerprint density at radius 3 is 1.98 bits per heavy atom. The van der Waals surface area contributed by atoms with Crippen LogP contribution in [0, 0.1) is 0 Å². The zero-order valence-electron chi connectivity index (χ0n) is 25.2. The molecule has 47 heavy (non-hydrogen) atoms. The number of aromatic nitrogens is 2. The molecule has 6 aromatic carbocycles. The number of fused-ring (bicyclic) bond motifs is 10. The molecule has 220 valence electrons. The second-order valence-corrected chi connectivity index (χ2v) is 13.2. The molecule has 10 rings (SSSR count). The summed E-state index contributed by atoms with van der Waals surface area (Å²) in [4.78, 5) is 12.8. The molecular formula is C43H26N2OS. The van der Waals surface area contributed by atoms with E-state index in [4.69, 9.17) is 14.4 Å². The maximum atomic E-state index is 6.03. The minimum absolute atomic E-state index is 0.516. The van der Waals surface area contributed by atoms with Crippen molar-refractivity contribution >= 4 is 22.7 Å². The molecule has 1 spiro atoms. The Morgan fingerprint density at radius 2 is 1.15 bits per heavy atom. The summed E-state index contributed by atoms with van der Waals surface area (Å²) in [6.45, 7) is 0. The van der Waals surface area contributed by atoms with Crippen LogP contribution in [-0.4, -0.2) is 9.97 Å². The highest BCUT2D eigenvalue weighted by molar-refractivity contribution is 7.99. The molecule has 1 aliphatic carbocycles. The van der Waals surface area contributed by atoms with Crippen molar-refractivity contribution in [3.05, 3.63) is 180 Å². The van der Waals surface area contributed by atoms with Crippen LogP contribution in [0.15, 0.2) is 172 Å². The smallest absolute Gasteiger partial charge is 0.160 e. The molecule has 0 saturated carbocycles. The zero-order chi connectivity index (χ0) is 31.0. The topological polar surface area (TPSA) is 38.9 Å². The fraction of sp³-hybridized carbons (Fsp3) is 0.0233. The van der Waals surface area contributed by atoms with Crippen LogP contribution in [0.2, 0.25) is 0 Å². The molecule has 4 heteroatoms. The van der Waals surface area contributed by atoms with Gasteiger partial charge in [0.1, 0.15) is 5.58 Å². The van der Waals surface area contributed by atoms with Crippen molar-refractivity contribution in [2.75, 3.05) is 0 Å². The van der Waals surface area contributed by atoms with Crippen LogP contribution >= 0.6 is 11.8 Å². The molecule has 1 atom stereocenters. The summed E-state index contributed by atoms with van der Waals surface area (Å²) in [5.74, 6) is 0.714. The van der Waals surface area contributed by atoms with E-state index in [-0.39, 0.29) is 0 Å². The Bertz CT molecular complexity index is 2440. The molecule has 0 amide bonds. The molecule has 2 aromatic heterocycles. The lowest BCUT2D eigenvalue weighted by Crippen LogP contribution is -2.32. The lowest BCUT2D eigenvalue weighted by Gasteiger charge is -2.39. The molecule has 1 aliphatic heterocycles. The zero-order valence-corrected chi connectivity index (χ0v) is 26.0. The summed E-state index contributed by atoms with van der Waals surface area (Å²) in [5.41, 5.74) is 12.9. The van der Waals surface area contributed by atoms with Gasteiger partial charge in [-0.2, -0.15) is 0 Å². The summed E-state index contributed by atoms with van der Waals surface area (Å²) in [5, 5.41) is 1.12. The van der Waals surface area contributed by atoms with E-state index in [0.717, 1.165) is 39.0 Å². The van der Waals surface area contributed by atoms with E-state index in [1.54, 1.807) is 6.26 Å². The minimum Gasteiger partial charge on any atom is -0.464 e. The first-order valence-electron chi connectivity index (χ1n) is 15.8. The van der Waals surface area contributed by atoms with Gasteiger partial charge in [0.2, 0.25) is 0 Å². The van der Waals surface area contributed by atoms with E-state index < -0.39 is 5.41 Å². The first-order chi connectivity index (χ1) is 23.3. The lowest BCUT2D eigenvalue weighted by atomic mass is 9.67. The average Bonchev–Trinajstić information content (AvgIpc) is 3.72. The maximum Gasteiger partial charge on any atom is 0.160 e. The SMILES string of the molecule is c1ccc(-c2cc(-c3ccc4c(c3)C3(c5ccccc5S4)c4ccccc4-c4cc5ccoc5cc43)nc(-c3ccccc3)n2)cc1. The van der Waals surface area contributed by atoms with Gasteiger partial charge in [-0.1, -0.05) is 121 Å². The fourth-order valence-corrected chi connectivity index (χ4v) is 8.75. The first kappa shape index (κ1) is 26.5. The fourth-order valence-electron chi connectivity index (χ4n) is 7.58. The highest BCUT2D eigenvalue weighted by Crippen LogP contribution is 2.62. The van der Waals surface area contributed by atoms with Gasteiger partial charge in [-0.15, -0.1) is 0 Å². The largest absolute Gasteiger partial charge is 0.464 e. The van der Waals surface area contributed by atoms with Gasteiger partial charge in [0.25, 0.3) is 0 Å². The molecule has 3 heterocycles. The van der Waals surface area contributed by atoms with E-state index >= 15 is 0 Å². The highest BCUT2D eigenvalue weighted by Gasteiger charge is 2.50. The Kier molecular flexibility index (Phi) is 5.72.